The number of nitrogens with one attached hydrogen (secondary N) is 2. The number of benzene rings is 1. The van der Waals surface area contributed by atoms with Crippen LogP contribution in [0.4, 0.5) is 5.95 Å². The Kier molecular flexibility index (Phi) is 4.53. The van der Waals surface area contributed by atoms with Crippen molar-refractivity contribution in [2.75, 3.05) is 11.2 Å². The molecule has 6 nitrogen and oxygen atoms in total. The first-order chi connectivity index (χ1) is 9.29. The fourth-order valence-electron chi connectivity index (χ4n) is 1.34. The third-order valence-electron chi connectivity index (χ3n) is 2.25. The van der Waals surface area contributed by atoms with E-state index in [4.69, 9.17) is 5.26 Å². The van der Waals surface area contributed by atoms with Gasteiger partial charge in [-0.1, -0.05) is 42.1 Å². The Balaban J connectivity index is 1.98. The van der Waals surface area contributed by atoms with E-state index in [-0.39, 0.29) is 0 Å². The van der Waals surface area contributed by atoms with Crippen molar-refractivity contribution in [2.45, 2.75) is 12.1 Å². The van der Waals surface area contributed by atoms with Gasteiger partial charge in [0.15, 0.2) is 0 Å². The zero-order valence-corrected chi connectivity index (χ0v) is 11.1. The summed E-state index contributed by atoms with van der Waals surface area (Å²) >= 11 is 1.27. The molecule has 0 saturated carbocycles. The molecule has 2 rings (SSSR count). The third-order valence-corrected chi connectivity index (χ3v) is 2.97. The second-order valence-electron chi connectivity index (χ2n) is 3.59. The summed E-state index contributed by atoms with van der Waals surface area (Å²) < 4.78 is 0. The molecule has 1 heterocycles. The van der Waals surface area contributed by atoms with Gasteiger partial charge < -0.3 is 0 Å². The van der Waals surface area contributed by atoms with E-state index in [1.165, 1.54) is 11.8 Å². The highest BCUT2D eigenvalue weighted by atomic mass is 32.2. The zero-order valence-electron chi connectivity index (χ0n) is 10.3. The molecule has 2 N–H and O–H groups in total. The summed E-state index contributed by atoms with van der Waals surface area (Å²) in [4.78, 5) is 4.14. The van der Waals surface area contributed by atoms with Crippen molar-refractivity contribution in [1.29, 1.82) is 5.26 Å². The van der Waals surface area contributed by atoms with Crippen molar-refractivity contribution in [1.82, 2.24) is 15.2 Å². The van der Waals surface area contributed by atoms with Gasteiger partial charge in [0.1, 0.15) is 0 Å². The number of thioether (sulfide) groups is 1. The quantitative estimate of drug-likeness (QED) is 0.495. The van der Waals surface area contributed by atoms with Crippen LogP contribution < -0.4 is 5.43 Å². The van der Waals surface area contributed by atoms with E-state index >= 15 is 0 Å². The van der Waals surface area contributed by atoms with Gasteiger partial charge >= 0.3 is 0 Å². The molecule has 0 aliphatic carbocycles. The number of hydrogen-bond donors (Lipinski definition) is 2. The lowest BCUT2D eigenvalue weighted by Crippen LogP contribution is -2.00. The van der Waals surface area contributed by atoms with E-state index in [1.807, 2.05) is 43.3 Å². The van der Waals surface area contributed by atoms with Crippen molar-refractivity contribution in [3.05, 3.63) is 35.9 Å². The van der Waals surface area contributed by atoms with Crippen LogP contribution in [0.5, 0.6) is 0 Å². The van der Waals surface area contributed by atoms with Gasteiger partial charge in [-0.05, 0) is 12.5 Å². The van der Waals surface area contributed by atoms with Crippen LogP contribution in [-0.4, -0.2) is 26.6 Å². The van der Waals surface area contributed by atoms with E-state index in [0.717, 1.165) is 11.3 Å². The average Bonchev–Trinajstić information content (AvgIpc) is 2.91. The average molecular weight is 272 g/mol. The molecule has 0 atom stereocenters. The Morgan fingerprint density at radius 1 is 1.47 bits per heavy atom. The molecule has 96 valence electrons. The minimum Gasteiger partial charge on any atom is -0.245 e. The van der Waals surface area contributed by atoms with Crippen molar-refractivity contribution in [3.63, 3.8) is 0 Å². The molecule has 0 aliphatic heterocycles. The maximum atomic E-state index is 8.46. The van der Waals surface area contributed by atoms with Gasteiger partial charge in [-0.2, -0.15) is 15.3 Å². The molecule has 0 spiro atoms. The number of hydrazone groups is 1. The molecule has 0 fully saturated rings. The van der Waals surface area contributed by atoms with Crippen LogP contribution in [0.25, 0.3) is 0 Å². The van der Waals surface area contributed by atoms with Crippen LogP contribution in [0.3, 0.4) is 0 Å². The fraction of sp³-hybridized carbons (Fsp3) is 0.167. The zero-order chi connectivity index (χ0) is 13.5. The molecule has 0 amide bonds. The smallest absolute Gasteiger partial charge is 0.240 e. The molecular weight excluding hydrogens is 260 g/mol. The van der Waals surface area contributed by atoms with Crippen molar-refractivity contribution < 1.29 is 0 Å². The molecule has 19 heavy (non-hydrogen) atoms. The van der Waals surface area contributed by atoms with Crippen molar-refractivity contribution in [3.8, 4) is 6.07 Å². The Hall–Kier alpha value is -2.33. The third kappa shape index (κ3) is 3.82. The summed E-state index contributed by atoms with van der Waals surface area (Å²) in [7, 11) is 0. The number of anilines is 1. The Bertz CT molecular complexity index is 598. The molecule has 7 heteroatoms. The van der Waals surface area contributed by atoms with Gasteiger partial charge in [0.25, 0.3) is 0 Å². The van der Waals surface area contributed by atoms with E-state index in [0.29, 0.717) is 16.9 Å². The van der Waals surface area contributed by atoms with E-state index in [1.54, 1.807) is 0 Å². The summed E-state index contributed by atoms with van der Waals surface area (Å²) in [6.07, 6.45) is 0. The Labute approximate surface area is 114 Å². The first-order valence-corrected chi connectivity index (χ1v) is 6.56. The molecule has 0 bridgehead atoms. The number of aromatic nitrogens is 3. The first-order valence-electron chi connectivity index (χ1n) is 5.57. The predicted octanol–water partition coefficient (Wildman–Crippen LogP) is 2.26. The predicted molar refractivity (Wildman–Crippen MR) is 75.0 cm³/mol. The van der Waals surface area contributed by atoms with Gasteiger partial charge in [0.2, 0.25) is 11.1 Å². The molecule has 0 unspecified atom stereocenters. The lowest BCUT2D eigenvalue weighted by atomic mass is 10.1. The minimum atomic E-state index is 0.323. The molecule has 0 aliphatic rings. The van der Waals surface area contributed by atoms with Crippen LogP contribution in [-0.2, 0) is 0 Å². The van der Waals surface area contributed by atoms with Crippen LogP contribution >= 0.6 is 11.8 Å². The van der Waals surface area contributed by atoms with Crippen LogP contribution in [0.1, 0.15) is 12.5 Å². The Morgan fingerprint density at radius 2 is 2.26 bits per heavy atom. The topological polar surface area (TPSA) is 89.8 Å². The molecule has 2 aromatic rings. The van der Waals surface area contributed by atoms with Crippen molar-refractivity contribution >= 4 is 23.4 Å². The van der Waals surface area contributed by atoms with Crippen LogP contribution in [0.2, 0.25) is 0 Å². The summed E-state index contributed by atoms with van der Waals surface area (Å²) in [5.74, 6) is 0.777. The second kappa shape index (κ2) is 6.56. The minimum absolute atomic E-state index is 0.323. The normalized spacial score (nSPS) is 11.1. The number of hydrogen-bond acceptors (Lipinski definition) is 6. The number of nitrogens with zero attached hydrogens (tertiary/aromatic N) is 4. The Morgan fingerprint density at radius 3 is 3.00 bits per heavy atom. The van der Waals surface area contributed by atoms with E-state index in [2.05, 4.69) is 25.7 Å². The highest BCUT2D eigenvalue weighted by Crippen LogP contribution is 2.13. The van der Waals surface area contributed by atoms with E-state index < -0.39 is 0 Å². The number of nitriles is 1. The lowest BCUT2D eigenvalue weighted by molar-refractivity contribution is 0.974. The summed E-state index contributed by atoms with van der Waals surface area (Å²) in [6.45, 7) is 1.91. The van der Waals surface area contributed by atoms with Gasteiger partial charge in [0, 0.05) is 0 Å². The van der Waals surface area contributed by atoms with Crippen molar-refractivity contribution in [2.24, 2.45) is 5.10 Å². The highest BCUT2D eigenvalue weighted by molar-refractivity contribution is 7.99. The van der Waals surface area contributed by atoms with Gasteiger partial charge in [0.05, 0.1) is 17.5 Å². The monoisotopic (exact) mass is 272 g/mol. The van der Waals surface area contributed by atoms with Gasteiger partial charge in [-0.3, -0.25) is 0 Å². The highest BCUT2D eigenvalue weighted by Gasteiger charge is 2.02. The van der Waals surface area contributed by atoms with Gasteiger partial charge in [-0.15, -0.1) is 5.10 Å². The lowest BCUT2D eigenvalue weighted by Gasteiger charge is -2.00. The largest absolute Gasteiger partial charge is 0.245 e. The van der Waals surface area contributed by atoms with Crippen LogP contribution in [0.15, 0.2) is 40.6 Å². The van der Waals surface area contributed by atoms with Crippen LogP contribution in [0, 0.1) is 11.3 Å². The maximum Gasteiger partial charge on any atom is 0.240 e. The molecular formula is C12H12N6S. The van der Waals surface area contributed by atoms with E-state index in [9.17, 15) is 0 Å². The summed E-state index contributed by atoms with van der Waals surface area (Å²) in [6, 6.07) is 11.9. The summed E-state index contributed by atoms with van der Waals surface area (Å²) in [5, 5.41) is 19.9. The fourth-order valence-corrected chi connectivity index (χ4v) is 1.80. The first kappa shape index (κ1) is 13.1. The van der Waals surface area contributed by atoms with Gasteiger partial charge in [-0.25, -0.2) is 10.5 Å². The molecule has 1 aromatic carbocycles. The maximum absolute atomic E-state index is 8.46. The molecule has 0 saturated heterocycles. The summed E-state index contributed by atoms with van der Waals surface area (Å²) in [5.41, 5.74) is 4.69. The number of aromatic amines is 1. The number of H-pyrrole nitrogens is 1. The standard InChI is InChI=1S/C12H12N6S/c1-9(10-5-3-2-4-6-10)15-16-11-14-12(18-17-11)19-8-7-13/h2-6H,8H2,1H3,(H2,14,16,17,18)/b15-9+. The SMILES string of the molecule is C/C(=N\Nc1nc(SCC#N)n[nH]1)c1ccccc1. The molecule has 1 aromatic heterocycles. The second-order valence-corrected chi connectivity index (χ2v) is 4.53. The molecule has 0 radical (unpaired) electrons. The number of rotatable bonds is 5.